The fraction of sp³-hybridized carbons (Fsp3) is 0.688. The lowest BCUT2D eigenvalue weighted by molar-refractivity contribution is -0.136. The summed E-state index contributed by atoms with van der Waals surface area (Å²) in [6.45, 7) is 2.21. The van der Waals surface area contributed by atoms with Crippen LogP contribution in [0.1, 0.15) is 32.1 Å². The lowest BCUT2D eigenvalue weighted by Gasteiger charge is -2.27. The van der Waals surface area contributed by atoms with Gasteiger partial charge in [-0.05, 0) is 31.7 Å². The fourth-order valence-corrected chi connectivity index (χ4v) is 3.81. The molecule has 2 aliphatic heterocycles. The molecule has 1 aromatic heterocycles. The highest BCUT2D eigenvalue weighted by Gasteiger charge is 2.44. The Kier molecular flexibility index (Phi) is 3.39. The fourth-order valence-electron chi connectivity index (χ4n) is 3.81. The van der Waals surface area contributed by atoms with Crippen molar-refractivity contribution < 1.29 is 9.59 Å². The summed E-state index contributed by atoms with van der Waals surface area (Å²) in [7, 11) is 0. The zero-order valence-corrected chi connectivity index (χ0v) is 12.7. The standard InChI is InChI=1S/C16H22N4O2/c21-15-9-12(10-20(15)13-4-5-13)16(22)19-8-1-3-14(19)11-18-7-2-6-17-18/h2,6-7,12-14H,1,3-5,8-11H2. The Morgan fingerprint density at radius 1 is 1.32 bits per heavy atom. The third kappa shape index (κ3) is 2.51. The first-order valence-corrected chi connectivity index (χ1v) is 8.30. The predicted octanol–water partition coefficient (Wildman–Crippen LogP) is 0.885. The lowest BCUT2D eigenvalue weighted by Crippen LogP contribution is -2.42. The molecular formula is C16H22N4O2. The van der Waals surface area contributed by atoms with E-state index < -0.39 is 0 Å². The van der Waals surface area contributed by atoms with Gasteiger partial charge in [-0.15, -0.1) is 0 Å². The molecule has 0 radical (unpaired) electrons. The van der Waals surface area contributed by atoms with Crippen LogP contribution in [0.3, 0.4) is 0 Å². The first-order valence-electron chi connectivity index (χ1n) is 8.30. The van der Waals surface area contributed by atoms with E-state index in [-0.39, 0.29) is 23.8 Å². The quantitative estimate of drug-likeness (QED) is 0.830. The van der Waals surface area contributed by atoms with Gasteiger partial charge in [-0.1, -0.05) is 0 Å². The van der Waals surface area contributed by atoms with Crippen molar-refractivity contribution in [2.45, 2.75) is 50.7 Å². The number of nitrogens with zero attached hydrogens (tertiary/aromatic N) is 4. The van der Waals surface area contributed by atoms with Crippen molar-refractivity contribution in [1.82, 2.24) is 19.6 Å². The van der Waals surface area contributed by atoms with E-state index in [9.17, 15) is 9.59 Å². The third-order valence-corrected chi connectivity index (χ3v) is 5.11. The van der Waals surface area contributed by atoms with Gasteiger partial charge in [-0.3, -0.25) is 14.3 Å². The summed E-state index contributed by atoms with van der Waals surface area (Å²) in [6.07, 6.45) is 8.40. The topological polar surface area (TPSA) is 58.4 Å². The smallest absolute Gasteiger partial charge is 0.228 e. The second kappa shape index (κ2) is 5.41. The Hall–Kier alpha value is -1.85. The molecule has 1 aromatic rings. The van der Waals surface area contributed by atoms with Crippen LogP contribution in [0.4, 0.5) is 0 Å². The summed E-state index contributed by atoms with van der Waals surface area (Å²) in [5.41, 5.74) is 0. The van der Waals surface area contributed by atoms with Crippen molar-refractivity contribution in [2.75, 3.05) is 13.1 Å². The number of rotatable bonds is 4. The normalized spacial score (nSPS) is 28.6. The van der Waals surface area contributed by atoms with Gasteiger partial charge in [-0.2, -0.15) is 5.10 Å². The number of hydrogen-bond donors (Lipinski definition) is 0. The largest absolute Gasteiger partial charge is 0.339 e. The van der Waals surface area contributed by atoms with E-state index >= 15 is 0 Å². The van der Waals surface area contributed by atoms with Crippen molar-refractivity contribution in [3.8, 4) is 0 Å². The van der Waals surface area contributed by atoms with Gasteiger partial charge in [0.2, 0.25) is 11.8 Å². The molecular weight excluding hydrogens is 280 g/mol. The van der Waals surface area contributed by atoms with Crippen LogP contribution in [-0.2, 0) is 16.1 Å². The maximum absolute atomic E-state index is 12.8. The number of aromatic nitrogens is 2. The zero-order valence-electron chi connectivity index (χ0n) is 12.7. The molecule has 3 fully saturated rings. The Balaban J connectivity index is 1.42. The Labute approximate surface area is 130 Å². The number of carbonyl (C=O) groups excluding carboxylic acids is 2. The number of amides is 2. The predicted molar refractivity (Wildman–Crippen MR) is 79.8 cm³/mol. The van der Waals surface area contributed by atoms with Gasteiger partial charge < -0.3 is 9.80 Å². The van der Waals surface area contributed by atoms with Gasteiger partial charge in [0.25, 0.3) is 0 Å². The molecule has 3 aliphatic rings. The summed E-state index contributed by atoms with van der Waals surface area (Å²) < 4.78 is 1.90. The van der Waals surface area contributed by atoms with Crippen LogP contribution in [0.5, 0.6) is 0 Å². The average Bonchev–Trinajstić information content (AvgIpc) is 2.93. The highest BCUT2D eigenvalue weighted by molar-refractivity contribution is 5.89. The minimum atomic E-state index is -0.133. The molecule has 6 nitrogen and oxygen atoms in total. The van der Waals surface area contributed by atoms with Gasteiger partial charge in [0.1, 0.15) is 0 Å². The van der Waals surface area contributed by atoms with Crippen LogP contribution in [0.25, 0.3) is 0 Å². The Morgan fingerprint density at radius 3 is 2.91 bits per heavy atom. The van der Waals surface area contributed by atoms with Crippen molar-refractivity contribution in [3.05, 3.63) is 18.5 Å². The van der Waals surface area contributed by atoms with Crippen LogP contribution in [0.15, 0.2) is 18.5 Å². The van der Waals surface area contributed by atoms with Crippen LogP contribution < -0.4 is 0 Å². The maximum atomic E-state index is 12.8. The highest BCUT2D eigenvalue weighted by atomic mass is 16.2. The van der Waals surface area contributed by atoms with E-state index in [0.29, 0.717) is 19.0 Å². The van der Waals surface area contributed by atoms with Crippen LogP contribution in [0, 0.1) is 5.92 Å². The van der Waals surface area contributed by atoms with E-state index in [1.54, 1.807) is 6.20 Å². The summed E-state index contributed by atoms with van der Waals surface area (Å²) in [5.74, 6) is 0.209. The van der Waals surface area contributed by atoms with Gasteiger partial charge in [0, 0.05) is 37.9 Å². The number of carbonyl (C=O) groups is 2. The summed E-state index contributed by atoms with van der Waals surface area (Å²) in [4.78, 5) is 28.8. The molecule has 118 valence electrons. The van der Waals surface area contributed by atoms with E-state index in [4.69, 9.17) is 0 Å². The molecule has 22 heavy (non-hydrogen) atoms. The summed E-state index contributed by atoms with van der Waals surface area (Å²) in [6, 6.07) is 2.55. The molecule has 1 aliphatic carbocycles. The third-order valence-electron chi connectivity index (χ3n) is 5.11. The molecule has 0 aromatic carbocycles. The lowest BCUT2D eigenvalue weighted by atomic mass is 10.1. The molecule has 0 N–H and O–H groups in total. The van der Waals surface area contributed by atoms with E-state index in [1.165, 1.54) is 0 Å². The summed E-state index contributed by atoms with van der Waals surface area (Å²) in [5, 5.41) is 4.24. The first-order chi connectivity index (χ1) is 10.7. The zero-order chi connectivity index (χ0) is 15.1. The van der Waals surface area contributed by atoms with Crippen molar-refractivity contribution >= 4 is 11.8 Å². The Bertz CT molecular complexity index is 567. The number of likely N-dealkylation sites (tertiary alicyclic amines) is 2. The molecule has 2 saturated heterocycles. The number of hydrogen-bond acceptors (Lipinski definition) is 3. The van der Waals surface area contributed by atoms with Gasteiger partial charge in [-0.25, -0.2) is 0 Å². The average molecular weight is 302 g/mol. The molecule has 2 atom stereocenters. The van der Waals surface area contributed by atoms with E-state index in [0.717, 1.165) is 38.8 Å². The molecule has 2 amide bonds. The van der Waals surface area contributed by atoms with E-state index in [2.05, 4.69) is 5.10 Å². The van der Waals surface area contributed by atoms with Gasteiger partial charge >= 0.3 is 0 Å². The monoisotopic (exact) mass is 302 g/mol. The molecule has 0 bridgehead atoms. The maximum Gasteiger partial charge on any atom is 0.228 e. The second-order valence-corrected chi connectivity index (χ2v) is 6.73. The van der Waals surface area contributed by atoms with Crippen molar-refractivity contribution in [3.63, 3.8) is 0 Å². The van der Waals surface area contributed by atoms with Crippen molar-refractivity contribution in [1.29, 1.82) is 0 Å². The van der Waals surface area contributed by atoms with Crippen LogP contribution in [0.2, 0.25) is 0 Å². The second-order valence-electron chi connectivity index (χ2n) is 6.73. The molecule has 6 heteroatoms. The SMILES string of the molecule is O=C1CC(C(=O)N2CCCC2Cn2cccn2)CN1C1CC1. The first kappa shape index (κ1) is 13.8. The molecule has 3 heterocycles. The van der Waals surface area contributed by atoms with E-state index in [1.807, 2.05) is 26.7 Å². The van der Waals surface area contributed by atoms with Crippen LogP contribution >= 0.6 is 0 Å². The van der Waals surface area contributed by atoms with Crippen molar-refractivity contribution in [2.24, 2.45) is 5.92 Å². The van der Waals surface area contributed by atoms with Crippen LogP contribution in [-0.4, -0.2) is 56.6 Å². The van der Waals surface area contributed by atoms with Gasteiger partial charge in [0.05, 0.1) is 18.5 Å². The molecule has 4 rings (SSSR count). The molecule has 2 unspecified atom stereocenters. The highest BCUT2D eigenvalue weighted by Crippen LogP contribution is 2.34. The molecule has 1 saturated carbocycles. The minimum Gasteiger partial charge on any atom is -0.339 e. The molecule has 0 spiro atoms. The minimum absolute atomic E-state index is 0.133. The Morgan fingerprint density at radius 2 is 2.18 bits per heavy atom. The van der Waals surface area contributed by atoms with Gasteiger partial charge in [0.15, 0.2) is 0 Å². The summed E-state index contributed by atoms with van der Waals surface area (Å²) >= 11 is 0.